The third-order valence-electron chi connectivity index (χ3n) is 3.24. The van der Waals surface area contributed by atoms with Crippen molar-refractivity contribution in [2.24, 2.45) is 11.7 Å². The van der Waals surface area contributed by atoms with Crippen LogP contribution in [0.2, 0.25) is 0 Å². The van der Waals surface area contributed by atoms with Crippen LogP contribution >= 0.6 is 0 Å². The number of ether oxygens (including phenoxy) is 1. The molecule has 0 aliphatic heterocycles. The van der Waals surface area contributed by atoms with E-state index < -0.39 is 0 Å². The highest BCUT2D eigenvalue weighted by Crippen LogP contribution is 2.20. The van der Waals surface area contributed by atoms with Gasteiger partial charge >= 0.3 is 0 Å². The maximum atomic E-state index is 12.2. The Kier molecular flexibility index (Phi) is 6.36. The van der Waals surface area contributed by atoms with Gasteiger partial charge in [0.2, 0.25) is 5.91 Å². The first-order chi connectivity index (χ1) is 9.10. The maximum absolute atomic E-state index is 12.2. The second-order valence-corrected chi connectivity index (χ2v) is 4.84. The summed E-state index contributed by atoms with van der Waals surface area (Å²) in [5, 5.41) is 0. The Bertz CT molecular complexity index is 407. The van der Waals surface area contributed by atoms with Gasteiger partial charge in [0.05, 0.1) is 7.11 Å². The lowest BCUT2D eigenvalue weighted by molar-refractivity contribution is -0.134. The van der Waals surface area contributed by atoms with Crippen LogP contribution in [0.5, 0.6) is 5.75 Å². The van der Waals surface area contributed by atoms with Crippen LogP contribution in [0.3, 0.4) is 0 Å². The van der Waals surface area contributed by atoms with Crippen LogP contribution < -0.4 is 10.5 Å². The summed E-state index contributed by atoms with van der Waals surface area (Å²) in [5.41, 5.74) is 6.49. The van der Waals surface area contributed by atoms with Gasteiger partial charge < -0.3 is 15.4 Å². The van der Waals surface area contributed by atoms with E-state index in [9.17, 15) is 4.79 Å². The highest BCUT2D eigenvalue weighted by atomic mass is 16.5. The summed E-state index contributed by atoms with van der Waals surface area (Å²) >= 11 is 0. The van der Waals surface area contributed by atoms with Crippen molar-refractivity contribution >= 4 is 5.91 Å². The largest absolute Gasteiger partial charge is 0.496 e. The number of methoxy groups -OCH3 is 1. The zero-order chi connectivity index (χ0) is 14.3. The van der Waals surface area contributed by atoms with Crippen molar-refractivity contribution < 1.29 is 9.53 Å². The predicted octanol–water partition coefficient (Wildman–Crippen LogP) is 2.03. The van der Waals surface area contributed by atoms with Crippen molar-refractivity contribution in [1.82, 2.24) is 4.90 Å². The Morgan fingerprint density at radius 2 is 2.11 bits per heavy atom. The number of hydrogen-bond acceptors (Lipinski definition) is 3. The molecular formula is C15H24N2O2. The van der Waals surface area contributed by atoms with E-state index in [2.05, 4.69) is 0 Å². The average molecular weight is 264 g/mol. The Morgan fingerprint density at radius 3 is 2.74 bits per heavy atom. The molecule has 0 fully saturated rings. The zero-order valence-electron chi connectivity index (χ0n) is 12.1. The molecule has 0 saturated carbocycles. The molecule has 0 bridgehead atoms. The summed E-state index contributed by atoms with van der Waals surface area (Å²) in [4.78, 5) is 13.9. The highest BCUT2D eigenvalue weighted by Gasteiger charge is 2.18. The molecular weight excluding hydrogens is 240 g/mol. The standard InChI is InChI=1S/C15H24N2O2/c1-12(7-6-10-16)15(18)17(2)11-13-8-4-5-9-14(13)19-3/h4-5,8-9,12H,6-7,10-11,16H2,1-3H3. The molecule has 0 spiro atoms. The molecule has 19 heavy (non-hydrogen) atoms. The van der Waals surface area contributed by atoms with E-state index in [1.165, 1.54) is 0 Å². The lowest BCUT2D eigenvalue weighted by Gasteiger charge is -2.22. The van der Waals surface area contributed by atoms with Gasteiger partial charge in [-0.1, -0.05) is 25.1 Å². The second-order valence-electron chi connectivity index (χ2n) is 4.84. The van der Waals surface area contributed by atoms with Crippen molar-refractivity contribution in [3.05, 3.63) is 29.8 Å². The normalized spacial score (nSPS) is 12.0. The van der Waals surface area contributed by atoms with Crippen LogP contribution in [-0.4, -0.2) is 31.5 Å². The van der Waals surface area contributed by atoms with Crippen LogP contribution in [0.1, 0.15) is 25.3 Å². The topological polar surface area (TPSA) is 55.6 Å². The van der Waals surface area contributed by atoms with Gasteiger partial charge in [0, 0.05) is 25.1 Å². The van der Waals surface area contributed by atoms with Gasteiger partial charge in [-0.15, -0.1) is 0 Å². The third-order valence-corrected chi connectivity index (χ3v) is 3.24. The summed E-state index contributed by atoms with van der Waals surface area (Å²) in [7, 11) is 3.47. The second kappa shape index (κ2) is 7.79. The Hall–Kier alpha value is -1.55. The van der Waals surface area contributed by atoms with Crippen molar-refractivity contribution in [2.45, 2.75) is 26.3 Å². The lowest BCUT2D eigenvalue weighted by atomic mass is 10.0. The van der Waals surface area contributed by atoms with Gasteiger partial charge in [-0.25, -0.2) is 0 Å². The minimum absolute atomic E-state index is 0.0169. The van der Waals surface area contributed by atoms with E-state index in [1.54, 1.807) is 12.0 Å². The minimum Gasteiger partial charge on any atom is -0.496 e. The molecule has 106 valence electrons. The fraction of sp³-hybridized carbons (Fsp3) is 0.533. The van der Waals surface area contributed by atoms with Crippen LogP contribution in [0.4, 0.5) is 0 Å². The molecule has 1 unspecified atom stereocenters. The highest BCUT2D eigenvalue weighted by molar-refractivity contribution is 5.78. The quantitative estimate of drug-likeness (QED) is 0.820. The van der Waals surface area contributed by atoms with E-state index in [0.717, 1.165) is 24.2 Å². The molecule has 0 aliphatic rings. The van der Waals surface area contributed by atoms with Gasteiger partial charge in [0.15, 0.2) is 0 Å². The Balaban J connectivity index is 2.63. The van der Waals surface area contributed by atoms with Gasteiger partial charge in [-0.05, 0) is 25.5 Å². The van der Waals surface area contributed by atoms with Gasteiger partial charge in [0.1, 0.15) is 5.75 Å². The van der Waals surface area contributed by atoms with E-state index in [4.69, 9.17) is 10.5 Å². The van der Waals surface area contributed by atoms with Crippen LogP contribution in [0.25, 0.3) is 0 Å². The van der Waals surface area contributed by atoms with Crippen LogP contribution in [-0.2, 0) is 11.3 Å². The molecule has 0 saturated heterocycles. The molecule has 0 aromatic heterocycles. The fourth-order valence-corrected chi connectivity index (χ4v) is 2.09. The number of carbonyl (C=O) groups excluding carboxylic acids is 1. The molecule has 1 rings (SSSR count). The Morgan fingerprint density at radius 1 is 1.42 bits per heavy atom. The molecule has 2 N–H and O–H groups in total. The number of rotatable bonds is 7. The number of para-hydroxylation sites is 1. The molecule has 1 atom stereocenters. The molecule has 1 aromatic carbocycles. The minimum atomic E-state index is 0.0169. The lowest BCUT2D eigenvalue weighted by Crippen LogP contribution is -2.31. The maximum Gasteiger partial charge on any atom is 0.225 e. The number of nitrogens with zero attached hydrogens (tertiary/aromatic N) is 1. The van der Waals surface area contributed by atoms with Crippen molar-refractivity contribution in [1.29, 1.82) is 0 Å². The third kappa shape index (κ3) is 4.56. The monoisotopic (exact) mass is 264 g/mol. The number of hydrogen-bond donors (Lipinski definition) is 1. The van der Waals surface area contributed by atoms with Crippen molar-refractivity contribution in [3.63, 3.8) is 0 Å². The van der Waals surface area contributed by atoms with Crippen LogP contribution in [0.15, 0.2) is 24.3 Å². The average Bonchev–Trinajstić information content (AvgIpc) is 2.44. The van der Waals surface area contributed by atoms with Crippen molar-refractivity contribution in [3.8, 4) is 5.75 Å². The summed E-state index contributed by atoms with van der Waals surface area (Å²) < 4.78 is 5.30. The van der Waals surface area contributed by atoms with Crippen molar-refractivity contribution in [2.75, 3.05) is 20.7 Å². The molecule has 1 aromatic rings. The Labute approximate surface area is 115 Å². The molecule has 4 heteroatoms. The first-order valence-corrected chi connectivity index (χ1v) is 6.67. The SMILES string of the molecule is COc1ccccc1CN(C)C(=O)C(C)CCCN. The number of benzene rings is 1. The zero-order valence-corrected chi connectivity index (χ0v) is 12.1. The van der Waals surface area contributed by atoms with E-state index in [0.29, 0.717) is 13.1 Å². The van der Waals surface area contributed by atoms with Gasteiger partial charge in [-0.3, -0.25) is 4.79 Å². The summed E-state index contributed by atoms with van der Waals surface area (Å²) in [6, 6.07) is 7.76. The summed E-state index contributed by atoms with van der Waals surface area (Å²) in [5.74, 6) is 0.986. The van der Waals surface area contributed by atoms with E-state index >= 15 is 0 Å². The number of nitrogens with two attached hydrogens (primary N) is 1. The van der Waals surface area contributed by atoms with E-state index in [-0.39, 0.29) is 11.8 Å². The van der Waals surface area contributed by atoms with E-state index in [1.807, 2.05) is 38.2 Å². The smallest absolute Gasteiger partial charge is 0.225 e. The van der Waals surface area contributed by atoms with Gasteiger partial charge in [0.25, 0.3) is 0 Å². The molecule has 1 amide bonds. The molecule has 0 heterocycles. The van der Waals surface area contributed by atoms with Crippen LogP contribution in [0, 0.1) is 5.92 Å². The molecule has 0 aliphatic carbocycles. The molecule has 4 nitrogen and oxygen atoms in total. The number of amides is 1. The first-order valence-electron chi connectivity index (χ1n) is 6.67. The summed E-state index contributed by atoms with van der Waals surface area (Å²) in [6.07, 6.45) is 1.72. The first kappa shape index (κ1) is 15.5. The predicted molar refractivity (Wildman–Crippen MR) is 76.9 cm³/mol. The number of carbonyl (C=O) groups is 1. The fourth-order valence-electron chi connectivity index (χ4n) is 2.09. The molecule has 0 radical (unpaired) electrons. The summed E-state index contributed by atoms with van der Waals surface area (Å²) in [6.45, 7) is 3.15. The van der Waals surface area contributed by atoms with Gasteiger partial charge in [-0.2, -0.15) is 0 Å².